The summed E-state index contributed by atoms with van der Waals surface area (Å²) in [7, 11) is 0. The summed E-state index contributed by atoms with van der Waals surface area (Å²) in [5.41, 5.74) is 0.576. The summed E-state index contributed by atoms with van der Waals surface area (Å²) < 4.78 is 11.3. The van der Waals surface area contributed by atoms with E-state index >= 15 is 0 Å². The number of ether oxygens (including phenoxy) is 2. The number of fused-ring (bicyclic) bond motifs is 1. The zero-order chi connectivity index (χ0) is 30.6. The van der Waals surface area contributed by atoms with E-state index in [0.717, 1.165) is 11.1 Å². The van der Waals surface area contributed by atoms with Crippen molar-refractivity contribution in [1.29, 1.82) is 0 Å². The molecule has 1 amide bonds. The summed E-state index contributed by atoms with van der Waals surface area (Å²) in [5.74, 6) is -1.76. The molecule has 2 aliphatic heterocycles. The molecular formula is C31H27N3O8S. The number of esters is 2. The molecule has 0 radical (unpaired) electrons. The number of nitrogens with zero attached hydrogens (tertiary/aromatic N) is 3. The Morgan fingerprint density at radius 2 is 1.70 bits per heavy atom. The van der Waals surface area contributed by atoms with Crippen LogP contribution in [0, 0.1) is 10.1 Å². The first-order chi connectivity index (χ1) is 20.7. The number of thioether (sulfide) groups is 1. The van der Waals surface area contributed by atoms with Gasteiger partial charge >= 0.3 is 11.9 Å². The topological polar surface area (TPSA) is 149 Å². The third-order valence-electron chi connectivity index (χ3n) is 7.08. The minimum atomic E-state index is -1.59. The molecule has 0 aromatic heterocycles. The second-order valence-electron chi connectivity index (χ2n) is 9.87. The molecule has 5 rings (SSSR count). The SMILES string of the molecule is CC(=O)OCC1=C(C(=O)OC(c2ccccc2)c2ccccc2)N2C(=O)[C@](CO)(N=Cc3ccc([N+](=O)[O-])cc3)[C@H]2SC1. The Morgan fingerprint density at radius 3 is 2.23 bits per heavy atom. The number of hydrogen-bond donors (Lipinski definition) is 1. The van der Waals surface area contributed by atoms with Crippen LogP contribution in [0.5, 0.6) is 0 Å². The molecule has 1 fully saturated rings. The number of aliphatic hydroxyl groups excluding tert-OH is 1. The zero-order valence-corrected chi connectivity index (χ0v) is 23.8. The van der Waals surface area contributed by atoms with E-state index in [0.29, 0.717) is 11.1 Å². The molecule has 2 atom stereocenters. The molecule has 0 unspecified atom stereocenters. The van der Waals surface area contributed by atoms with E-state index in [2.05, 4.69) is 4.99 Å². The number of nitro benzene ring substituents is 1. The van der Waals surface area contributed by atoms with E-state index in [-0.39, 0.29) is 23.7 Å². The number of non-ortho nitro benzene ring substituents is 1. The van der Waals surface area contributed by atoms with Gasteiger partial charge in [0.2, 0.25) is 0 Å². The van der Waals surface area contributed by atoms with Crippen LogP contribution in [-0.2, 0) is 23.9 Å². The molecule has 0 saturated carbocycles. The van der Waals surface area contributed by atoms with Gasteiger partial charge in [0.1, 0.15) is 17.7 Å². The lowest BCUT2D eigenvalue weighted by Crippen LogP contribution is -2.74. The molecule has 0 bridgehead atoms. The first kappa shape index (κ1) is 29.7. The monoisotopic (exact) mass is 601 g/mol. The van der Waals surface area contributed by atoms with Crippen molar-refractivity contribution in [3.63, 3.8) is 0 Å². The Bertz CT molecular complexity index is 1550. The Labute approximate surface area is 251 Å². The predicted octanol–water partition coefficient (Wildman–Crippen LogP) is 3.81. The average Bonchev–Trinajstić information content (AvgIpc) is 3.03. The maximum absolute atomic E-state index is 13.9. The lowest BCUT2D eigenvalue weighted by molar-refractivity contribution is -0.384. The number of hydrogen-bond acceptors (Lipinski definition) is 10. The van der Waals surface area contributed by atoms with Gasteiger partial charge in [-0.25, -0.2) is 4.79 Å². The number of benzene rings is 3. The molecule has 1 N–H and O–H groups in total. The van der Waals surface area contributed by atoms with Crippen LogP contribution < -0.4 is 0 Å². The number of aliphatic imine (C=N–C) groups is 1. The minimum absolute atomic E-state index is 0.0542. The second kappa shape index (κ2) is 12.6. The third kappa shape index (κ3) is 5.92. The average molecular weight is 602 g/mol. The number of amides is 1. The Morgan fingerprint density at radius 1 is 1.09 bits per heavy atom. The van der Waals surface area contributed by atoms with Gasteiger partial charge in [0, 0.05) is 36.6 Å². The van der Waals surface area contributed by atoms with Gasteiger partial charge in [-0.15, -0.1) is 11.8 Å². The van der Waals surface area contributed by atoms with E-state index in [4.69, 9.17) is 9.47 Å². The first-order valence-corrected chi connectivity index (χ1v) is 14.3. The number of carbonyl (C=O) groups excluding carboxylic acids is 3. The smallest absolute Gasteiger partial charge is 0.356 e. The highest BCUT2D eigenvalue weighted by molar-refractivity contribution is 8.00. The van der Waals surface area contributed by atoms with Crippen LogP contribution >= 0.6 is 11.8 Å². The fourth-order valence-corrected chi connectivity index (χ4v) is 6.32. The summed E-state index contributed by atoms with van der Waals surface area (Å²) in [6.45, 7) is 0.390. The van der Waals surface area contributed by atoms with Crippen molar-refractivity contribution < 1.29 is 33.9 Å². The molecule has 1 saturated heterocycles. The standard InChI is InChI=1S/C31H27N3O8S/c1-20(36)41-17-24-18-43-30-31(19-35,32-16-21-12-14-25(15-13-21)34(39)40)29(38)33(30)26(24)28(37)42-27(22-8-4-2-5-9-22)23-10-6-3-7-11-23/h2-16,27,30,35H,17-19H2,1H3/t30-,31+/m1/s1. The maximum Gasteiger partial charge on any atom is 0.356 e. The number of rotatable bonds is 10. The normalized spacial score (nSPS) is 19.7. The number of nitro groups is 1. The van der Waals surface area contributed by atoms with E-state index in [1.54, 1.807) is 0 Å². The molecular weight excluding hydrogens is 574 g/mol. The summed E-state index contributed by atoms with van der Waals surface area (Å²) in [6.07, 6.45) is 0.580. The van der Waals surface area contributed by atoms with Gasteiger partial charge in [-0.1, -0.05) is 60.7 Å². The van der Waals surface area contributed by atoms with E-state index in [1.165, 1.54) is 54.1 Å². The maximum atomic E-state index is 13.9. The van der Waals surface area contributed by atoms with Crippen molar-refractivity contribution in [2.24, 2.45) is 4.99 Å². The van der Waals surface area contributed by atoms with Gasteiger partial charge in [0.05, 0.1) is 11.5 Å². The quantitative estimate of drug-likeness (QED) is 0.120. The van der Waals surface area contributed by atoms with Gasteiger partial charge in [-0.05, 0) is 28.8 Å². The molecule has 3 aromatic rings. The Kier molecular flexibility index (Phi) is 8.69. The molecule has 3 aromatic carbocycles. The van der Waals surface area contributed by atoms with Crippen molar-refractivity contribution in [2.45, 2.75) is 23.9 Å². The van der Waals surface area contributed by atoms with Gasteiger partial charge in [-0.3, -0.25) is 29.6 Å². The molecule has 2 heterocycles. The summed E-state index contributed by atoms with van der Waals surface area (Å²) in [4.78, 5) is 55.4. The highest BCUT2D eigenvalue weighted by Gasteiger charge is 2.65. The lowest BCUT2D eigenvalue weighted by atomic mass is 9.87. The number of carbonyl (C=O) groups is 3. The zero-order valence-electron chi connectivity index (χ0n) is 23.0. The highest BCUT2D eigenvalue weighted by Crippen LogP contribution is 2.48. The highest BCUT2D eigenvalue weighted by atomic mass is 32.2. The van der Waals surface area contributed by atoms with Crippen LogP contribution in [0.15, 0.2) is 101 Å². The lowest BCUT2D eigenvalue weighted by Gasteiger charge is -2.54. The molecule has 0 aliphatic carbocycles. The van der Waals surface area contributed by atoms with Gasteiger partial charge < -0.3 is 14.6 Å². The largest absolute Gasteiger partial charge is 0.461 e. The summed E-state index contributed by atoms with van der Waals surface area (Å²) >= 11 is 1.27. The van der Waals surface area contributed by atoms with Crippen LogP contribution in [-0.4, -0.2) is 68.9 Å². The van der Waals surface area contributed by atoms with Crippen LogP contribution in [0.1, 0.15) is 29.7 Å². The summed E-state index contributed by atoms with van der Waals surface area (Å²) in [5, 5.41) is 20.6. The van der Waals surface area contributed by atoms with Crippen LogP contribution in [0.3, 0.4) is 0 Å². The van der Waals surface area contributed by atoms with Crippen LogP contribution in [0.25, 0.3) is 0 Å². The fourth-order valence-electron chi connectivity index (χ4n) is 4.88. The molecule has 0 spiro atoms. The first-order valence-electron chi connectivity index (χ1n) is 13.3. The molecule has 12 heteroatoms. The summed E-state index contributed by atoms with van der Waals surface area (Å²) in [6, 6.07) is 23.9. The van der Waals surface area contributed by atoms with Crippen molar-refractivity contribution >= 4 is 41.5 Å². The third-order valence-corrected chi connectivity index (χ3v) is 8.52. The Balaban J connectivity index is 1.47. The van der Waals surface area contributed by atoms with E-state index < -0.39 is 46.4 Å². The molecule has 43 heavy (non-hydrogen) atoms. The molecule has 2 aliphatic rings. The van der Waals surface area contributed by atoms with Gasteiger partial charge in [-0.2, -0.15) is 0 Å². The number of aliphatic hydroxyl groups is 1. The fraction of sp³-hybridized carbons (Fsp3) is 0.226. The molecule has 220 valence electrons. The van der Waals surface area contributed by atoms with Gasteiger partial charge in [0.25, 0.3) is 11.6 Å². The Hall–Kier alpha value is -4.81. The predicted molar refractivity (Wildman–Crippen MR) is 158 cm³/mol. The second-order valence-corrected chi connectivity index (χ2v) is 10.9. The van der Waals surface area contributed by atoms with Crippen molar-refractivity contribution in [1.82, 2.24) is 4.90 Å². The van der Waals surface area contributed by atoms with Crippen LogP contribution in [0.4, 0.5) is 5.69 Å². The van der Waals surface area contributed by atoms with E-state index in [9.17, 15) is 29.6 Å². The van der Waals surface area contributed by atoms with E-state index in [1.807, 2.05) is 60.7 Å². The molecule has 11 nitrogen and oxygen atoms in total. The van der Waals surface area contributed by atoms with Gasteiger partial charge in [0.15, 0.2) is 11.6 Å². The van der Waals surface area contributed by atoms with Crippen molar-refractivity contribution in [3.8, 4) is 0 Å². The van der Waals surface area contributed by atoms with Crippen molar-refractivity contribution in [2.75, 3.05) is 19.0 Å². The number of β-lactam (4-membered cyclic amide) rings is 1. The minimum Gasteiger partial charge on any atom is -0.461 e. The van der Waals surface area contributed by atoms with Crippen molar-refractivity contribution in [3.05, 3.63) is 123 Å². The van der Waals surface area contributed by atoms with Crippen LogP contribution in [0.2, 0.25) is 0 Å².